The fraction of sp³-hybridized carbons (Fsp3) is 0.133. The van der Waals surface area contributed by atoms with Crippen LogP contribution < -0.4 is 15.8 Å². The van der Waals surface area contributed by atoms with Gasteiger partial charge in [0, 0.05) is 11.4 Å². The molecule has 0 aromatic heterocycles. The third-order valence-corrected chi connectivity index (χ3v) is 3.52. The van der Waals surface area contributed by atoms with Crippen LogP contribution in [-0.4, -0.2) is 12.5 Å². The molecule has 4 nitrogen and oxygen atoms in total. The highest BCUT2D eigenvalue weighted by Crippen LogP contribution is 2.29. The summed E-state index contributed by atoms with van der Waals surface area (Å²) in [6.45, 7) is 2.49. The number of carbonyl (C=O) groups excluding carboxylic acids is 1. The molecule has 2 aromatic rings. The highest BCUT2D eigenvalue weighted by atomic mass is 35.5. The van der Waals surface area contributed by atoms with Crippen LogP contribution in [0, 0.1) is 0 Å². The van der Waals surface area contributed by atoms with Crippen molar-refractivity contribution < 1.29 is 9.53 Å². The Bertz CT molecular complexity index is 657. The van der Waals surface area contributed by atoms with E-state index in [1.807, 2.05) is 6.92 Å². The predicted octanol–water partition coefficient (Wildman–Crippen LogP) is 4.23. The van der Waals surface area contributed by atoms with Crippen LogP contribution in [0.15, 0.2) is 36.4 Å². The molecule has 21 heavy (non-hydrogen) atoms. The Labute approximate surface area is 132 Å². The zero-order valence-corrected chi connectivity index (χ0v) is 12.8. The Morgan fingerprint density at radius 2 is 1.90 bits per heavy atom. The number of anilines is 2. The second-order valence-corrected chi connectivity index (χ2v) is 5.06. The van der Waals surface area contributed by atoms with E-state index in [9.17, 15) is 4.79 Å². The first-order valence-electron chi connectivity index (χ1n) is 6.30. The lowest BCUT2D eigenvalue weighted by Crippen LogP contribution is -2.13. The minimum atomic E-state index is -0.377. The zero-order valence-electron chi connectivity index (χ0n) is 11.3. The lowest BCUT2D eigenvalue weighted by Gasteiger charge is -2.09. The van der Waals surface area contributed by atoms with Crippen molar-refractivity contribution in [2.45, 2.75) is 6.92 Å². The monoisotopic (exact) mass is 324 g/mol. The molecule has 2 aromatic carbocycles. The summed E-state index contributed by atoms with van der Waals surface area (Å²) in [4.78, 5) is 12.2. The van der Waals surface area contributed by atoms with Gasteiger partial charge in [0.05, 0.1) is 22.2 Å². The first-order chi connectivity index (χ1) is 10.0. The van der Waals surface area contributed by atoms with Crippen LogP contribution in [0.4, 0.5) is 11.4 Å². The third-order valence-electron chi connectivity index (χ3n) is 2.72. The second-order valence-electron chi connectivity index (χ2n) is 4.28. The van der Waals surface area contributed by atoms with Gasteiger partial charge in [-0.05, 0) is 43.3 Å². The van der Waals surface area contributed by atoms with Crippen molar-refractivity contribution in [1.82, 2.24) is 0 Å². The van der Waals surface area contributed by atoms with Gasteiger partial charge in [0.2, 0.25) is 0 Å². The highest BCUT2D eigenvalue weighted by molar-refractivity contribution is 6.44. The minimum Gasteiger partial charge on any atom is -0.494 e. The Hall–Kier alpha value is -1.91. The van der Waals surface area contributed by atoms with Gasteiger partial charge < -0.3 is 15.8 Å². The normalized spacial score (nSPS) is 10.2. The number of hydrogen-bond donors (Lipinski definition) is 2. The molecule has 0 saturated heterocycles. The molecular weight excluding hydrogens is 311 g/mol. The van der Waals surface area contributed by atoms with Gasteiger partial charge in [-0.15, -0.1) is 0 Å². The van der Waals surface area contributed by atoms with Crippen LogP contribution in [0.25, 0.3) is 0 Å². The van der Waals surface area contributed by atoms with Crippen molar-refractivity contribution in [2.75, 3.05) is 17.7 Å². The van der Waals surface area contributed by atoms with E-state index in [-0.39, 0.29) is 21.5 Å². The van der Waals surface area contributed by atoms with E-state index in [1.165, 1.54) is 12.1 Å². The van der Waals surface area contributed by atoms with Crippen LogP contribution in [0.1, 0.15) is 17.3 Å². The van der Waals surface area contributed by atoms with Crippen LogP contribution >= 0.6 is 23.2 Å². The SMILES string of the molecule is CCOc1ccc(NC(=O)c2cc(N)cc(Cl)c2Cl)cc1. The summed E-state index contributed by atoms with van der Waals surface area (Å²) in [6, 6.07) is 10.0. The highest BCUT2D eigenvalue weighted by Gasteiger charge is 2.14. The topological polar surface area (TPSA) is 64.3 Å². The molecule has 0 aliphatic carbocycles. The van der Waals surface area contributed by atoms with E-state index in [4.69, 9.17) is 33.7 Å². The number of amides is 1. The number of halogens is 2. The average Bonchev–Trinajstić information content (AvgIpc) is 2.45. The van der Waals surface area contributed by atoms with Gasteiger partial charge in [0.15, 0.2) is 0 Å². The molecule has 0 aliphatic heterocycles. The lowest BCUT2D eigenvalue weighted by atomic mass is 10.2. The summed E-state index contributed by atoms with van der Waals surface area (Å²) < 4.78 is 5.33. The number of nitrogens with two attached hydrogens (primary N) is 1. The van der Waals surface area contributed by atoms with Crippen molar-refractivity contribution in [1.29, 1.82) is 0 Å². The number of rotatable bonds is 4. The van der Waals surface area contributed by atoms with Gasteiger partial charge in [-0.1, -0.05) is 23.2 Å². The molecule has 110 valence electrons. The zero-order chi connectivity index (χ0) is 15.4. The van der Waals surface area contributed by atoms with Gasteiger partial charge >= 0.3 is 0 Å². The fourth-order valence-corrected chi connectivity index (χ4v) is 2.20. The van der Waals surface area contributed by atoms with Crippen LogP contribution in [0.5, 0.6) is 5.75 Å². The number of nitrogen functional groups attached to an aromatic ring is 1. The molecule has 0 bridgehead atoms. The molecule has 3 N–H and O–H groups in total. The Kier molecular flexibility index (Phi) is 4.94. The van der Waals surface area contributed by atoms with Crippen LogP contribution in [-0.2, 0) is 0 Å². The Morgan fingerprint density at radius 1 is 1.24 bits per heavy atom. The summed E-state index contributed by atoms with van der Waals surface area (Å²) in [7, 11) is 0. The average molecular weight is 325 g/mol. The van der Waals surface area contributed by atoms with E-state index in [2.05, 4.69) is 5.32 Å². The molecule has 2 rings (SSSR count). The molecular formula is C15H14Cl2N2O2. The second kappa shape index (κ2) is 6.70. The number of ether oxygens (including phenoxy) is 1. The fourth-order valence-electron chi connectivity index (χ4n) is 1.77. The van der Waals surface area contributed by atoms with Crippen molar-refractivity contribution in [3.8, 4) is 5.75 Å². The molecule has 0 heterocycles. The molecule has 0 fully saturated rings. The quantitative estimate of drug-likeness (QED) is 0.827. The Balaban J connectivity index is 2.18. The minimum absolute atomic E-state index is 0.175. The maximum atomic E-state index is 12.2. The first-order valence-corrected chi connectivity index (χ1v) is 7.05. The van der Waals surface area contributed by atoms with Gasteiger partial charge in [-0.2, -0.15) is 0 Å². The summed E-state index contributed by atoms with van der Waals surface area (Å²) in [6.07, 6.45) is 0. The number of hydrogen-bond acceptors (Lipinski definition) is 3. The maximum absolute atomic E-state index is 12.2. The van der Waals surface area contributed by atoms with Crippen LogP contribution in [0.2, 0.25) is 10.0 Å². The standard InChI is InChI=1S/C15H14Cl2N2O2/c1-2-21-11-5-3-10(4-6-11)19-15(20)12-7-9(18)8-13(16)14(12)17/h3-8H,2,18H2,1H3,(H,19,20). The van der Waals surface area contributed by atoms with Gasteiger partial charge in [-0.3, -0.25) is 4.79 Å². The molecule has 1 amide bonds. The molecule has 0 unspecified atom stereocenters. The van der Waals surface area contributed by atoms with Gasteiger partial charge in [0.25, 0.3) is 5.91 Å². The van der Waals surface area contributed by atoms with Crippen molar-refractivity contribution in [3.63, 3.8) is 0 Å². The van der Waals surface area contributed by atoms with Gasteiger partial charge in [-0.25, -0.2) is 0 Å². The molecule has 0 spiro atoms. The number of nitrogens with one attached hydrogen (secondary N) is 1. The van der Waals surface area contributed by atoms with E-state index < -0.39 is 0 Å². The summed E-state index contributed by atoms with van der Waals surface area (Å²) >= 11 is 11.9. The predicted molar refractivity (Wildman–Crippen MR) is 86.4 cm³/mol. The summed E-state index contributed by atoms with van der Waals surface area (Å²) in [5, 5.41) is 3.15. The lowest BCUT2D eigenvalue weighted by molar-refractivity contribution is 0.102. The largest absolute Gasteiger partial charge is 0.494 e. The van der Waals surface area contributed by atoms with E-state index in [0.29, 0.717) is 18.0 Å². The van der Waals surface area contributed by atoms with E-state index in [0.717, 1.165) is 5.75 Å². The Morgan fingerprint density at radius 3 is 2.52 bits per heavy atom. The molecule has 0 atom stereocenters. The summed E-state index contributed by atoms with van der Waals surface area (Å²) in [5.41, 5.74) is 6.90. The van der Waals surface area contributed by atoms with Gasteiger partial charge in [0.1, 0.15) is 5.75 Å². The van der Waals surface area contributed by atoms with E-state index >= 15 is 0 Å². The number of carbonyl (C=O) groups is 1. The maximum Gasteiger partial charge on any atom is 0.257 e. The first kappa shape index (κ1) is 15.5. The molecule has 6 heteroatoms. The molecule has 0 radical (unpaired) electrons. The van der Waals surface area contributed by atoms with Crippen molar-refractivity contribution in [3.05, 3.63) is 52.0 Å². The molecule has 0 aliphatic rings. The van der Waals surface area contributed by atoms with E-state index in [1.54, 1.807) is 24.3 Å². The smallest absolute Gasteiger partial charge is 0.257 e. The van der Waals surface area contributed by atoms with Crippen LogP contribution in [0.3, 0.4) is 0 Å². The molecule has 0 saturated carbocycles. The third kappa shape index (κ3) is 3.80. The van der Waals surface area contributed by atoms with Crippen molar-refractivity contribution >= 4 is 40.5 Å². The number of benzene rings is 2. The summed E-state index contributed by atoms with van der Waals surface area (Å²) in [5.74, 6) is 0.360. The van der Waals surface area contributed by atoms with Crippen molar-refractivity contribution in [2.24, 2.45) is 0 Å².